The number of hydrogen-bond donors (Lipinski definition) is 1. The predicted octanol–water partition coefficient (Wildman–Crippen LogP) is 2.40. The maximum Gasteiger partial charge on any atom is 0.129 e. The lowest BCUT2D eigenvalue weighted by Gasteiger charge is -1.91. The molecule has 0 atom stereocenters. The van der Waals surface area contributed by atoms with E-state index >= 15 is 0 Å². The van der Waals surface area contributed by atoms with Crippen LogP contribution < -0.4 is 0 Å². The highest BCUT2D eigenvalue weighted by atomic mass is 14.9. The van der Waals surface area contributed by atoms with Crippen LogP contribution in [0.2, 0.25) is 0 Å². The van der Waals surface area contributed by atoms with E-state index in [9.17, 15) is 0 Å². The summed E-state index contributed by atoms with van der Waals surface area (Å²) in [6, 6.07) is 0. The van der Waals surface area contributed by atoms with Gasteiger partial charge in [-0.25, -0.2) is 4.98 Å². The normalized spacial score (nSPS) is 9.91. The van der Waals surface area contributed by atoms with Gasteiger partial charge in [0.15, 0.2) is 0 Å². The fourth-order valence-corrected chi connectivity index (χ4v) is 0.975. The number of unbranched alkanes of at least 4 members (excludes halogenated alkanes) is 1. The minimum atomic E-state index is 0.871. The predicted molar refractivity (Wildman–Crippen MR) is 47.3 cm³/mol. The zero-order chi connectivity index (χ0) is 8.10. The van der Waals surface area contributed by atoms with Gasteiger partial charge in [0.2, 0.25) is 0 Å². The van der Waals surface area contributed by atoms with Gasteiger partial charge in [-0.15, -0.1) is 0 Å². The van der Waals surface area contributed by atoms with Crippen LogP contribution >= 0.6 is 0 Å². The van der Waals surface area contributed by atoms with Crippen LogP contribution in [-0.2, 0) is 6.42 Å². The highest BCUT2D eigenvalue weighted by Gasteiger charge is 1.95. The van der Waals surface area contributed by atoms with Crippen LogP contribution in [0, 0.1) is 0 Å². The zero-order valence-electron chi connectivity index (χ0n) is 6.93. The van der Waals surface area contributed by atoms with E-state index in [2.05, 4.69) is 23.5 Å². The highest BCUT2D eigenvalue weighted by molar-refractivity contribution is 5.36. The number of nitrogens with zero attached hydrogens (tertiary/aromatic N) is 1. The number of nitrogens with one attached hydrogen (secondary N) is 1. The standard InChI is InChI=1S/C9H14N2/c1-3-5-6-8-7-10-9(4-2)11-8/h4,7H,2-3,5-6H2,1H3,(H,10,11). The Hall–Kier alpha value is -1.05. The van der Waals surface area contributed by atoms with Crippen molar-refractivity contribution in [3.05, 3.63) is 24.3 Å². The second-order valence-electron chi connectivity index (χ2n) is 2.60. The first kappa shape index (κ1) is 8.05. The van der Waals surface area contributed by atoms with Gasteiger partial charge < -0.3 is 4.98 Å². The molecule has 1 N–H and O–H groups in total. The summed E-state index contributed by atoms with van der Waals surface area (Å²) in [4.78, 5) is 7.28. The van der Waals surface area contributed by atoms with Crippen molar-refractivity contribution in [2.75, 3.05) is 0 Å². The third-order valence-corrected chi connectivity index (χ3v) is 1.64. The third kappa shape index (κ3) is 2.22. The van der Waals surface area contributed by atoms with Crippen LogP contribution in [0.4, 0.5) is 0 Å². The number of aryl methyl sites for hydroxylation is 1. The van der Waals surface area contributed by atoms with E-state index < -0.39 is 0 Å². The number of H-pyrrole nitrogens is 1. The highest BCUT2D eigenvalue weighted by Crippen LogP contribution is 2.02. The second kappa shape index (κ2) is 3.96. The van der Waals surface area contributed by atoms with Gasteiger partial charge in [0.25, 0.3) is 0 Å². The smallest absolute Gasteiger partial charge is 0.129 e. The topological polar surface area (TPSA) is 28.7 Å². The van der Waals surface area contributed by atoms with Gasteiger partial charge in [-0.2, -0.15) is 0 Å². The van der Waals surface area contributed by atoms with E-state index in [-0.39, 0.29) is 0 Å². The van der Waals surface area contributed by atoms with Crippen LogP contribution in [0.3, 0.4) is 0 Å². The molecule has 60 valence electrons. The van der Waals surface area contributed by atoms with Gasteiger partial charge in [-0.05, 0) is 18.9 Å². The van der Waals surface area contributed by atoms with Gasteiger partial charge in [0.1, 0.15) is 5.82 Å². The first-order valence-corrected chi connectivity index (χ1v) is 4.03. The lowest BCUT2D eigenvalue weighted by atomic mass is 10.2. The molecule has 0 saturated carbocycles. The average Bonchev–Trinajstić information content (AvgIpc) is 2.48. The van der Waals surface area contributed by atoms with E-state index in [1.165, 1.54) is 18.5 Å². The summed E-state index contributed by atoms with van der Waals surface area (Å²) >= 11 is 0. The van der Waals surface area contributed by atoms with E-state index in [0.717, 1.165) is 12.2 Å². The molecule has 0 aliphatic rings. The van der Waals surface area contributed by atoms with Crippen molar-refractivity contribution in [1.82, 2.24) is 9.97 Å². The SMILES string of the molecule is C=Cc1ncc(CCCC)[nH]1. The van der Waals surface area contributed by atoms with Crippen molar-refractivity contribution in [3.8, 4) is 0 Å². The largest absolute Gasteiger partial charge is 0.342 e. The molecular weight excluding hydrogens is 136 g/mol. The van der Waals surface area contributed by atoms with Crippen LogP contribution in [0.5, 0.6) is 0 Å². The summed E-state index contributed by atoms with van der Waals surface area (Å²) in [5.41, 5.74) is 1.21. The Morgan fingerprint density at radius 1 is 1.73 bits per heavy atom. The monoisotopic (exact) mass is 150 g/mol. The first-order chi connectivity index (χ1) is 5.36. The van der Waals surface area contributed by atoms with Crippen molar-refractivity contribution in [1.29, 1.82) is 0 Å². The van der Waals surface area contributed by atoms with Gasteiger partial charge in [0.05, 0.1) is 0 Å². The molecule has 1 aromatic heterocycles. The van der Waals surface area contributed by atoms with E-state index in [0.29, 0.717) is 0 Å². The van der Waals surface area contributed by atoms with E-state index in [4.69, 9.17) is 0 Å². The Balaban J connectivity index is 2.51. The summed E-state index contributed by atoms with van der Waals surface area (Å²) < 4.78 is 0. The molecule has 0 aromatic carbocycles. The molecule has 1 aromatic rings. The summed E-state index contributed by atoms with van der Waals surface area (Å²) in [5, 5.41) is 0. The molecule has 1 heterocycles. The zero-order valence-corrected chi connectivity index (χ0v) is 6.93. The molecule has 0 aliphatic carbocycles. The maximum atomic E-state index is 4.11. The number of aromatic nitrogens is 2. The Morgan fingerprint density at radius 3 is 3.09 bits per heavy atom. The summed E-state index contributed by atoms with van der Waals surface area (Å²) in [7, 11) is 0. The summed E-state index contributed by atoms with van der Waals surface area (Å²) in [5.74, 6) is 0.871. The Kier molecular flexibility index (Phi) is 2.90. The molecule has 1 rings (SSSR count). The van der Waals surface area contributed by atoms with Crippen LogP contribution in [0.15, 0.2) is 12.8 Å². The number of imidazole rings is 1. The van der Waals surface area contributed by atoms with Gasteiger partial charge >= 0.3 is 0 Å². The molecule has 0 saturated heterocycles. The lowest BCUT2D eigenvalue weighted by molar-refractivity contribution is 0.780. The fraction of sp³-hybridized carbons (Fsp3) is 0.444. The summed E-state index contributed by atoms with van der Waals surface area (Å²) in [6.45, 7) is 5.82. The number of hydrogen-bond acceptors (Lipinski definition) is 1. The summed E-state index contributed by atoms with van der Waals surface area (Å²) in [6.07, 6.45) is 7.15. The molecule has 2 nitrogen and oxygen atoms in total. The molecule has 0 aliphatic heterocycles. The molecule has 0 fully saturated rings. The van der Waals surface area contributed by atoms with Gasteiger partial charge in [-0.1, -0.05) is 19.9 Å². The Bertz CT molecular complexity index is 225. The van der Waals surface area contributed by atoms with Crippen molar-refractivity contribution in [2.24, 2.45) is 0 Å². The molecule has 0 unspecified atom stereocenters. The molecular formula is C9H14N2. The molecule has 0 bridgehead atoms. The van der Waals surface area contributed by atoms with Crippen LogP contribution in [-0.4, -0.2) is 9.97 Å². The van der Waals surface area contributed by atoms with Crippen molar-refractivity contribution < 1.29 is 0 Å². The van der Waals surface area contributed by atoms with Gasteiger partial charge in [0, 0.05) is 11.9 Å². The lowest BCUT2D eigenvalue weighted by Crippen LogP contribution is -1.83. The molecule has 11 heavy (non-hydrogen) atoms. The Morgan fingerprint density at radius 2 is 2.55 bits per heavy atom. The van der Waals surface area contributed by atoms with Crippen LogP contribution in [0.1, 0.15) is 31.3 Å². The number of aromatic amines is 1. The minimum absolute atomic E-state index is 0.871. The molecule has 0 radical (unpaired) electrons. The molecule has 0 spiro atoms. The quantitative estimate of drug-likeness (QED) is 0.701. The van der Waals surface area contributed by atoms with Crippen molar-refractivity contribution >= 4 is 6.08 Å². The van der Waals surface area contributed by atoms with Crippen molar-refractivity contribution in [2.45, 2.75) is 26.2 Å². The van der Waals surface area contributed by atoms with Crippen molar-refractivity contribution in [3.63, 3.8) is 0 Å². The first-order valence-electron chi connectivity index (χ1n) is 4.03. The second-order valence-corrected chi connectivity index (χ2v) is 2.60. The van der Waals surface area contributed by atoms with Gasteiger partial charge in [-0.3, -0.25) is 0 Å². The average molecular weight is 150 g/mol. The van der Waals surface area contributed by atoms with E-state index in [1.54, 1.807) is 6.08 Å². The van der Waals surface area contributed by atoms with Crippen LogP contribution in [0.25, 0.3) is 6.08 Å². The third-order valence-electron chi connectivity index (χ3n) is 1.64. The molecule has 0 amide bonds. The fourth-order valence-electron chi connectivity index (χ4n) is 0.975. The Labute approximate surface area is 67.4 Å². The molecule has 2 heteroatoms. The maximum absolute atomic E-state index is 4.11. The minimum Gasteiger partial charge on any atom is -0.342 e. The number of rotatable bonds is 4. The van der Waals surface area contributed by atoms with E-state index in [1.807, 2.05) is 6.20 Å².